The van der Waals surface area contributed by atoms with Crippen LogP contribution in [-0.2, 0) is 0 Å². The van der Waals surface area contributed by atoms with Crippen LogP contribution in [0.4, 0.5) is 0 Å². The quantitative estimate of drug-likeness (QED) is 0.593. The van der Waals surface area contributed by atoms with Gasteiger partial charge in [0.25, 0.3) is 0 Å². The van der Waals surface area contributed by atoms with Gasteiger partial charge in [0.2, 0.25) is 0 Å². The Hall–Kier alpha value is -1.56. The summed E-state index contributed by atoms with van der Waals surface area (Å²) in [4.78, 5) is 0. The Kier molecular flexibility index (Phi) is 1.72. The van der Waals surface area contributed by atoms with Crippen molar-refractivity contribution in [2.24, 2.45) is 5.92 Å². The molecule has 0 spiro atoms. The van der Waals surface area contributed by atoms with E-state index in [0.29, 0.717) is 5.92 Å². The van der Waals surface area contributed by atoms with Crippen LogP contribution in [0.1, 0.15) is 13.8 Å². The van der Waals surface area contributed by atoms with Gasteiger partial charge in [-0.1, -0.05) is 48.1 Å². The SMILES string of the molecule is CC1=c2ccccc2=C(C)C2C=CC=C12. The molecule has 2 aliphatic carbocycles. The van der Waals surface area contributed by atoms with Gasteiger partial charge in [0, 0.05) is 5.92 Å². The molecule has 2 aliphatic rings. The lowest BCUT2D eigenvalue weighted by molar-refractivity contribution is 1.01. The van der Waals surface area contributed by atoms with Gasteiger partial charge in [0.15, 0.2) is 0 Å². The van der Waals surface area contributed by atoms with Crippen molar-refractivity contribution in [1.29, 1.82) is 0 Å². The van der Waals surface area contributed by atoms with E-state index in [2.05, 4.69) is 56.3 Å². The number of hydrogen-bond acceptors (Lipinski definition) is 0. The van der Waals surface area contributed by atoms with Crippen LogP contribution in [0.2, 0.25) is 0 Å². The smallest absolute Gasteiger partial charge is 0.0240 e. The number of fused-ring (bicyclic) bond motifs is 2. The van der Waals surface area contributed by atoms with Gasteiger partial charge in [0.05, 0.1) is 0 Å². The topological polar surface area (TPSA) is 0 Å². The zero-order valence-corrected chi connectivity index (χ0v) is 9.12. The third kappa shape index (κ3) is 1.08. The van der Waals surface area contributed by atoms with Crippen molar-refractivity contribution < 1.29 is 0 Å². The summed E-state index contributed by atoms with van der Waals surface area (Å²) in [7, 11) is 0. The highest BCUT2D eigenvalue weighted by atomic mass is 14.3. The lowest BCUT2D eigenvalue weighted by Crippen LogP contribution is -2.34. The molecule has 74 valence electrons. The van der Waals surface area contributed by atoms with Gasteiger partial charge >= 0.3 is 0 Å². The normalized spacial score (nSPS) is 22.5. The van der Waals surface area contributed by atoms with Crippen molar-refractivity contribution in [1.82, 2.24) is 0 Å². The lowest BCUT2D eigenvalue weighted by Gasteiger charge is -2.20. The van der Waals surface area contributed by atoms with Gasteiger partial charge in [-0.3, -0.25) is 0 Å². The summed E-state index contributed by atoms with van der Waals surface area (Å²) in [6.07, 6.45) is 6.72. The Labute approximate surface area is 89.9 Å². The molecule has 0 aliphatic heterocycles. The second-order valence-corrected chi connectivity index (χ2v) is 4.34. The van der Waals surface area contributed by atoms with Crippen LogP contribution in [0.25, 0.3) is 11.1 Å². The molecule has 0 saturated carbocycles. The largest absolute Gasteiger partial charge is 0.0729 e. The molecule has 1 atom stereocenters. The summed E-state index contributed by atoms with van der Waals surface area (Å²) in [6, 6.07) is 8.71. The van der Waals surface area contributed by atoms with Crippen LogP contribution in [0.5, 0.6) is 0 Å². The van der Waals surface area contributed by atoms with Crippen molar-refractivity contribution in [3.05, 3.63) is 58.5 Å². The summed E-state index contributed by atoms with van der Waals surface area (Å²) in [5.41, 5.74) is 4.40. The van der Waals surface area contributed by atoms with Crippen molar-refractivity contribution in [3.63, 3.8) is 0 Å². The fourth-order valence-electron chi connectivity index (χ4n) is 2.69. The van der Waals surface area contributed by atoms with Gasteiger partial charge in [-0.05, 0) is 35.4 Å². The van der Waals surface area contributed by atoms with Gasteiger partial charge in [0.1, 0.15) is 0 Å². The molecule has 1 aromatic carbocycles. The van der Waals surface area contributed by atoms with Gasteiger partial charge in [-0.25, -0.2) is 0 Å². The zero-order chi connectivity index (χ0) is 10.4. The first kappa shape index (κ1) is 8.72. The van der Waals surface area contributed by atoms with E-state index in [1.807, 2.05) is 0 Å². The predicted octanol–water partition coefficient (Wildman–Crippen LogP) is 2.15. The zero-order valence-electron chi connectivity index (χ0n) is 9.12. The van der Waals surface area contributed by atoms with Crippen LogP contribution in [-0.4, -0.2) is 0 Å². The standard InChI is InChI=1S/C15H14/c1-10-12-6-3-4-7-13(12)11(2)15-9-5-8-14(10)15/h3-9,14H,1-2H3. The van der Waals surface area contributed by atoms with Crippen LogP contribution in [0.15, 0.2) is 48.1 Å². The number of rotatable bonds is 0. The molecule has 0 N–H and O–H groups in total. The Balaban J connectivity index is 2.52. The number of allylic oxidation sites excluding steroid dienone is 4. The van der Waals surface area contributed by atoms with E-state index >= 15 is 0 Å². The molecule has 0 saturated heterocycles. The summed E-state index contributed by atoms with van der Waals surface area (Å²) in [5, 5.41) is 2.82. The Morgan fingerprint density at radius 2 is 1.73 bits per heavy atom. The number of benzene rings is 1. The second kappa shape index (κ2) is 2.96. The molecule has 1 aromatic rings. The van der Waals surface area contributed by atoms with Crippen LogP contribution < -0.4 is 10.4 Å². The fourth-order valence-corrected chi connectivity index (χ4v) is 2.69. The van der Waals surface area contributed by atoms with E-state index < -0.39 is 0 Å². The highest BCUT2D eigenvalue weighted by Gasteiger charge is 2.21. The van der Waals surface area contributed by atoms with Crippen molar-refractivity contribution >= 4 is 11.1 Å². The highest BCUT2D eigenvalue weighted by Crippen LogP contribution is 2.33. The summed E-state index contributed by atoms with van der Waals surface area (Å²) in [5.74, 6) is 0.528. The van der Waals surface area contributed by atoms with Crippen LogP contribution in [0.3, 0.4) is 0 Å². The highest BCUT2D eigenvalue weighted by molar-refractivity contribution is 5.76. The van der Waals surface area contributed by atoms with Crippen molar-refractivity contribution in [2.45, 2.75) is 13.8 Å². The molecule has 0 amide bonds. The lowest BCUT2D eigenvalue weighted by atomic mass is 9.83. The number of hydrogen-bond donors (Lipinski definition) is 0. The summed E-state index contributed by atoms with van der Waals surface area (Å²) in [6.45, 7) is 4.48. The van der Waals surface area contributed by atoms with E-state index in [-0.39, 0.29) is 0 Å². The molecule has 0 bridgehead atoms. The predicted molar refractivity (Wildman–Crippen MR) is 64.6 cm³/mol. The molecular formula is C15H14. The molecule has 0 fully saturated rings. The minimum absolute atomic E-state index is 0.528. The average Bonchev–Trinajstić information content (AvgIpc) is 2.75. The van der Waals surface area contributed by atoms with E-state index in [1.165, 1.54) is 27.2 Å². The van der Waals surface area contributed by atoms with Crippen LogP contribution in [0, 0.1) is 5.92 Å². The molecule has 0 radical (unpaired) electrons. The first-order chi connectivity index (χ1) is 7.29. The minimum atomic E-state index is 0.528. The van der Waals surface area contributed by atoms with E-state index in [0.717, 1.165) is 0 Å². The monoisotopic (exact) mass is 194 g/mol. The summed E-state index contributed by atoms with van der Waals surface area (Å²) < 4.78 is 0. The maximum Gasteiger partial charge on any atom is 0.0240 e. The van der Waals surface area contributed by atoms with E-state index in [4.69, 9.17) is 0 Å². The third-order valence-corrected chi connectivity index (χ3v) is 3.57. The molecular weight excluding hydrogens is 180 g/mol. The first-order valence-electron chi connectivity index (χ1n) is 5.44. The third-order valence-electron chi connectivity index (χ3n) is 3.57. The Morgan fingerprint density at radius 1 is 1.00 bits per heavy atom. The van der Waals surface area contributed by atoms with Crippen LogP contribution >= 0.6 is 0 Å². The molecule has 1 unspecified atom stereocenters. The van der Waals surface area contributed by atoms with Crippen molar-refractivity contribution in [3.8, 4) is 0 Å². The van der Waals surface area contributed by atoms with Gasteiger partial charge < -0.3 is 0 Å². The van der Waals surface area contributed by atoms with E-state index in [9.17, 15) is 0 Å². The van der Waals surface area contributed by atoms with E-state index in [1.54, 1.807) is 0 Å². The maximum absolute atomic E-state index is 2.30. The van der Waals surface area contributed by atoms with Crippen molar-refractivity contribution in [2.75, 3.05) is 0 Å². The second-order valence-electron chi connectivity index (χ2n) is 4.34. The van der Waals surface area contributed by atoms with Gasteiger partial charge in [-0.15, -0.1) is 0 Å². The molecule has 15 heavy (non-hydrogen) atoms. The minimum Gasteiger partial charge on any atom is -0.0729 e. The van der Waals surface area contributed by atoms with Gasteiger partial charge in [-0.2, -0.15) is 0 Å². The fraction of sp³-hybridized carbons (Fsp3) is 0.200. The molecule has 0 nitrogen and oxygen atoms in total. The molecule has 0 heteroatoms. The molecule has 0 heterocycles. The molecule has 0 aromatic heterocycles. The first-order valence-corrected chi connectivity index (χ1v) is 5.44. The summed E-state index contributed by atoms with van der Waals surface area (Å²) >= 11 is 0. The average molecular weight is 194 g/mol. The maximum atomic E-state index is 2.30. The Morgan fingerprint density at radius 3 is 2.53 bits per heavy atom. The molecule has 3 rings (SSSR count). The Bertz CT molecular complexity index is 597.